The number of nitrogens with zero attached hydrogens (tertiary/aromatic N) is 5. The second kappa shape index (κ2) is 5.54. The van der Waals surface area contributed by atoms with Gasteiger partial charge in [-0.25, -0.2) is 18.6 Å². The summed E-state index contributed by atoms with van der Waals surface area (Å²) in [5.74, 6) is 0.272. The smallest absolute Gasteiger partial charge is 0.224 e. The number of aromatic nitrogens is 4. The molecule has 0 aliphatic carbocycles. The molecule has 3 rings (SSSR count). The molecule has 0 aliphatic heterocycles. The zero-order valence-electron chi connectivity index (χ0n) is 12.6. The minimum Gasteiger partial charge on any atom is -0.282 e. The predicted octanol–water partition coefficient (Wildman–Crippen LogP) is 3.28. The number of pyridine rings is 1. The Morgan fingerprint density at radius 1 is 1.30 bits per heavy atom. The van der Waals surface area contributed by atoms with E-state index in [1.807, 2.05) is 6.92 Å². The van der Waals surface area contributed by atoms with Crippen molar-refractivity contribution in [3.63, 3.8) is 0 Å². The minimum absolute atomic E-state index is 0.0130. The second-order valence-electron chi connectivity index (χ2n) is 5.31. The van der Waals surface area contributed by atoms with Gasteiger partial charge in [0.15, 0.2) is 17.3 Å². The van der Waals surface area contributed by atoms with Crippen LogP contribution in [0.1, 0.15) is 5.56 Å². The van der Waals surface area contributed by atoms with Crippen molar-refractivity contribution in [1.29, 1.82) is 0 Å². The fourth-order valence-corrected chi connectivity index (χ4v) is 2.80. The van der Waals surface area contributed by atoms with E-state index in [4.69, 9.17) is 11.6 Å². The van der Waals surface area contributed by atoms with Crippen molar-refractivity contribution in [3.05, 3.63) is 41.2 Å². The largest absolute Gasteiger partial charge is 0.282 e. The molecule has 0 aliphatic rings. The summed E-state index contributed by atoms with van der Waals surface area (Å²) >= 11 is 5.80. The van der Waals surface area contributed by atoms with Crippen LogP contribution in [0.15, 0.2) is 28.9 Å². The van der Waals surface area contributed by atoms with Crippen molar-refractivity contribution in [2.45, 2.75) is 6.92 Å². The molecule has 6 nitrogen and oxygen atoms in total. The zero-order chi connectivity index (χ0) is 16.8. The highest BCUT2D eigenvalue weighted by molar-refractivity contribution is 7.92. The summed E-state index contributed by atoms with van der Waals surface area (Å²) in [5.41, 5.74) is 1.08. The van der Waals surface area contributed by atoms with Gasteiger partial charge in [0, 0.05) is 34.6 Å². The number of hydrogen-bond donors (Lipinski definition) is 0. The fourth-order valence-electron chi connectivity index (χ4n) is 2.07. The Bertz CT molecular complexity index is 1030. The van der Waals surface area contributed by atoms with Gasteiger partial charge in [-0.2, -0.15) is 9.35 Å². The Morgan fingerprint density at radius 3 is 2.74 bits per heavy atom. The van der Waals surface area contributed by atoms with Crippen LogP contribution in [0.3, 0.4) is 0 Å². The van der Waals surface area contributed by atoms with Gasteiger partial charge in [-0.05, 0) is 30.2 Å². The van der Waals surface area contributed by atoms with Gasteiger partial charge >= 0.3 is 0 Å². The number of hydrogen-bond acceptors (Lipinski definition) is 5. The molecular weight excluding hydrogens is 341 g/mol. The van der Waals surface area contributed by atoms with E-state index in [1.165, 1.54) is 29.5 Å². The molecule has 3 heterocycles. The molecule has 0 N–H and O–H groups in total. The molecule has 0 saturated heterocycles. The van der Waals surface area contributed by atoms with E-state index in [0.29, 0.717) is 17.3 Å². The Labute approximate surface area is 137 Å². The molecule has 0 amide bonds. The highest BCUT2D eigenvalue weighted by Crippen LogP contribution is 2.25. The molecule has 0 aromatic carbocycles. The van der Waals surface area contributed by atoms with Crippen molar-refractivity contribution in [2.24, 2.45) is 4.36 Å². The molecule has 0 radical (unpaired) electrons. The first kappa shape index (κ1) is 15.8. The highest BCUT2D eigenvalue weighted by atomic mass is 35.5. The van der Waals surface area contributed by atoms with Crippen LogP contribution < -0.4 is 0 Å². The lowest BCUT2D eigenvalue weighted by Crippen LogP contribution is -1.99. The number of rotatable bonds is 2. The van der Waals surface area contributed by atoms with Gasteiger partial charge in [0.2, 0.25) is 5.28 Å². The summed E-state index contributed by atoms with van der Waals surface area (Å²) in [5, 5.41) is 0.254. The molecule has 0 unspecified atom stereocenters. The van der Waals surface area contributed by atoms with Crippen molar-refractivity contribution in [2.75, 3.05) is 12.5 Å². The molecular formula is C14H13ClFN5OS. The molecule has 0 bridgehead atoms. The summed E-state index contributed by atoms with van der Waals surface area (Å²) in [6.07, 6.45) is 5.63. The highest BCUT2D eigenvalue weighted by Gasteiger charge is 2.14. The lowest BCUT2D eigenvalue weighted by Gasteiger charge is -2.07. The molecule has 23 heavy (non-hydrogen) atoms. The zero-order valence-corrected chi connectivity index (χ0v) is 14.2. The maximum Gasteiger partial charge on any atom is 0.224 e. The van der Waals surface area contributed by atoms with Crippen molar-refractivity contribution in [1.82, 2.24) is 19.5 Å². The Kier molecular flexibility index (Phi) is 3.81. The summed E-state index contributed by atoms with van der Waals surface area (Å²) < 4.78 is 31.5. The van der Waals surface area contributed by atoms with Gasteiger partial charge < -0.3 is 0 Å². The van der Waals surface area contributed by atoms with Crippen LogP contribution in [0, 0.1) is 12.7 Å². The molecule has 3 aromatic heterocycles. The molecule has 9 heteroatoms. The fraction of sp³-hybridized carbons (Fsp3) is 0.214. The topological polar surface area (TPSA) is 73.0 Å². The van der Waals surface area contributed by atoms with Gasteiger partial charge in [-0.3, -0.25) is 4.57 Å². The summed E-state index contributed by atoms with van der Waals surface area (Å²) in [6, 6.07) is 3.48. The molecule has 0 atom stereocenters. The van der Waals surface area contributed by atoms with Crippen molar-refractivity contribution >= 4 is 38.2 Å². The molecule has 3 aromatic rings. The van der Waals surface area contributed by atoms with Gasteiger partial charge in [-0.1, -0.05) is 6.07 Å². The van der Waals surface area contributed by atoms with Crippen LogP contribution in [0.4, 0.5) is 10.2 Å². The monoisotopic (exact) mass is 353 g/mol. The van der Waals surface area contributed by atoms with E-state index in [-0.39, 0.29) is 10.7 Å². The Hall–Kier alpha value is -2.06. The van der Waals surface area contributed by atoms with Crippen LogP contribution >= 0.6 is 11.6 Å². The third-order valence-electron chi connectivity index (χ3n) is 3.08. The molecule has 0 spiro atoms. The first-order valence-corrected chi connectivity index (χ1v) is 9.30. The quantitative estimate of drug-likeness (QED) is 0.663. The Morgan fingerprint density at radius 2 is 2.04 bits per heavy atom. The van der Waals surface area contributed by atoms with E-state index in [9.17, 15) is 8.60 Å². The third kappa shape index (κ3) is 3.18. The van der Waals surface area contributed by atoms with E-state index >= 15 is 0 Å². The Balaban J connectivity index is 2.26. The van der Waals surface area contributed by atoms with Gasteiger partial charge in [0.05, 0.1) is 5.39 Å². The van der Waals surface area contributed by atoms with Gasteiger partial charge in [0.1, 0.15) is 5.82 Å². The second-order valence-corrected chi connectivity index (χ2v) is 8.19. The van der Waals surface area contributed by atoms with Crippen LogP contribution in [0.25, 0.3) is 16.9 Å². The molecule has 120 valence electrons. The maximum atomic E-state index is 14.0. The van der Waals surface area contributed by atoms with E-state index in [0.717, 1.165) is 5.56 Å². The van der Waals surface area contributed by atoms with E-state index < -0.39 is 15.5 Å². The molecule has 0 saturated carbocycles. The number of fused-ring (bicyclic) bond motifs is 1. The first-order valence-electron chi connectivity index (χ1n) is 6.59. The molecule has 0 fully saturated rings. The lowest BCUT2D eigenvalue weighted by atomic mass is 10.3. The van der Waals surface area contributed by atoms with E-state index in [1.54, 1.807) is 12.1 Å². The average molecular weight is 354 g/mol. The number of halogens is 2. The predicted molar refractivity (Wildman–Crippen MR) is 88.4 cm³/mol. The van der Waals surface area contributed by atoms with Crippen LogP contribution in [-0.2, 0) is 9.73 Å². The standard InChI is InChI=1S/C14H13ClFN5OS/c1-8-4-5-11(18-12(8)20-23(2,3)22)21-7-10(16)9-6-17-14(15)19-13(9)21/h4-7H,1-3H3. The van der Waals surface area contributed by atoms with Gasteiger partial charge in [0.25, 0.3) is 0 Å². The van der Waals surface area contributed by atoms with E-state index in [2.05, 4.69) is 19.3 Å². The maximum absolute atomic E-state index is 14.0. The first-order chi connectivity index (χ1) is 10.7. The summed E-state index contributed by atoms with van der Waals surface area (Å²) in [7, 11) is -2.36. The lowest BCUT2D eigenvalue weighted by molar-refractivity contribution is 0.635. The van der Waals surface area contributed by atoms with Crippen LogP contribution in [-0.4, -0.2) is 36.2 Å². The third-order valence-corrected chi connectivity index (χ3v) is 3.87. The number of aryl methyl sites for hydroxylation is 1. The van der Waals surface area contributed by atoms with Crippen LogP contribution in [0.5, 0.6) is 0 Å². The minimum atomic E-state index is -2.36. The average Bonchev–Trinajstić information content (AvgIpc) is 2.76. The van der Waals surface area contributed by atoms with Crippen molar-refractivity contribution < 1.29 is 8.60 Å². The summed E-state index contributed by atoms with van der Waals surface area (Å²) in [4.78, 5) is 12.2. The van der Waals surface area contributed by atoms with Gasteiger partial charge in [-0.15, -0.1) is 0 Å². The SMILES string of the molecule is Cc1ccc(-n2cc(F)c3cnc(Cl)nc32)nc1N=S(C)(C)=O. The normalized spacial score (nSPS) is 11.9. The summed E-state index contributed by atoms with van der Waals surface area (Å²) in [6.45, 7) is 1.81. The van der Waals surface area contributed by atoms with Crippen LogP contribution in [0.2, 0.25) is 5.28 Å². The van der Waals surface area contributed by atoms with Crippen molar-refractivity contribution in [3.8, 4) is 5.82 Å².